The Balaban J connectivity index is 1.69. The third kappa shape index (κ3) is 4.20. The van der Waals surface area contributed by atoms with Gasteiger partial charge in [0.25, 0.3) is 0 Å². The lowest BCUT2D eigenvalue weighted by Gasteiger charge is -2.30. The molecule has 120 valence electrons. The maximum absolute atomic E-state index is 12.4. The van der Waals surface area contributed by atoms with Gasteiger partial charge >= 0.3 is 0 Å². The minimum absolute atomic E-state index is 0.0717. The van der Waals surface area contributed by atoms with Crippen molar-refractivity contribution in [3.63, 3.8) is 0 Å². The summed E-state index contributed by atoms with van der Waals surface area (Å²) in [4.78, 5) is 14.7. The van der Waals surface area contributed by atoms with Crippen molar-refractivity contribution < 1.29 is 4.79 Å². The fourth-order valence-corrected chi connectivity index (χ4v) is 3.28. The molecule has 0 bridgehead atoms. The number of rotatable bonds is 4. The highest BCUT2D eigenvalue weighted by Crippen LogP contribution is 2.27. The van der Waals surface area contributed by atoms with Crippen LogP contribution in [0.3, 0.4) is 0 Å². The summed E-state index contributed by atoms with van der Waals surface area (Å²) in [5, 5.41) is 3.09. The molecule has 3 rings (SSSR count). The van der Waals surface area contributed by atoms with E-state index in [1.165, 1.54) is 12.8 Å². The Morgan fingerprint density at radius 1 is 1.13 bits per heavy atom. The Labute approximate surface area is 138 Å². The second kappa shape index (κ2) is 7.42. The third-order valence-electron chi connectivity index (χ3n) is 4.39. The first-order chi connectivity index (χ1) is 11.2. The molecule has 23 heavy (non-hydrogen) atoms. The van der Waals surface area contributed by atoms with Crippen molar-refractivity contribution in [1.29, 1.82) is 0 Å². The lowest BCUT2D eigenvalue weighted by molar-refractivity contribution is -0.117. The van der Waals surface area contributed by atoms with Gasteiger partial charge in [0.1, 0.15) is 0 Å². The van der Waals surface area contributed by atoms with E-state index in [0.29, 0.717) is 12.5 Å². The quantitative estimate of drug-likeness (QED) is 0.925. The zero-order chi connectivity index (χ0) is 16.1. The normalized spacial score (nSPS) is 18.6. The molecule has 1 aliphatic rings. The molecule has 1 aliphatic heterocycles. The number of piperidine rings is 1. The number of carbonyl (C=O) groups excluding carboxylic acids is 1. The third-order valence-corrected chi connectivity index (χ3v) is 4.39. The summed E-state index contributed by atoms with van der Waals surface area (Å²) in [6, 6.07) is 18.2. The second-order valence-corrected chi connectivity index (χ2v) is 6.44. The summed E-state index contributed by atoms with van der Waals surface area (Å²) in [6.45, 7) is 4.79. The highest BCUT2D eigenvalue weighted by atomic mass is 16.2. The summed E-state index contributed by atoms with van der Waals surface area (Å²) in [7, 11) is 0. The average Bonchev–Trinajstić information content (AvgIpc) is 2.56. The monoisotopic (exact) mass is 308 g/mol. The number of para-hydroxylation sites is 1. The first-order valence-corrected chi connectivity index (χ1v) is 8.39. The summed E-state index contributed by atoms with van der Waals surface area (Å²) >= 11 is 0. The Kier molecular flexibility index (Phi) is 5.09. The second-order valence-electron chi connectivity index (χ2n) is 6.44. The van der Waals surface area contributed by atoms with Crippen LogP contribution in [-0.2, 0) is 4.79 Å². The van der Waals surface area contributed by atoms with Gasteiger partial charge in [-0.15, -0.1) is 0 Å². The van der Waals surface area contributed by atoms with Crippen LogP contribution < -0.4 is 5.32 Å². The van der Waals surface area contributed by atoms with Gasteiger partial charge in [0, 0.05) is 17.8 Å². The van der Waals surface area contributed by atoms with Crippen LogP contribution in [0.2, 0.25) is 0 Å². The molecule has 0 radical (unpaired) electrons. The zero-order valence-corrected chi connectivity index (χ0v) is 13.7. The molecular weight excluding hydrogens is 284 g/mol. The van der Waals surface area contributed by atoms with Gasteiger partial charge in [-0.25, -0.2) is 0 Å². The molecule has 2 aromatic rings. The molecule has 3 nitrogen and oxygen atoms in total. The number of benzene rings is 2. The van der Waals surface area contributed by atoms with Crippen molar-refractivity contribution in [3.05, 3.63) is 54.6 Å². The highest BCUT2D eigenvalue weighted by molar-refractivity contribution is 5.96. The molecule has 1 saturated heterocycles. The van der Waals surface area contributed by atoms with E-state index in [4.69, 9.17) is 0 Å². The Bertz CT molecular complexity index is 654. The molecule has 0 spiro atoms. The number of likely N-dealkylation sites (tertiary alicyclic amines) is 1. The average molecular weight is 308 g/mol. The van der Waals surface area contributed by atoms with Crippen molar-refractivity contribution in [3.8, 4) is 11.1 Å². The Hall–Kier alpha value is -2.13. The zero-order valence-electron chi connectivity index (χ0n) is 13.7. The van der Waals surface area contributed by atoms with E-state index in [2.05, 4.69) is 29.3 Å². The minimum Gasteiger partial charge on any atom is -0.324 e. The van der Waals surface area contributed by atoms with E-state index in [9.17, 15) is 4.79 Å². The molecule has 0 aliphatic carbocycles. The van der Waals surface area contributed by atoms with Crippen LogP contribution in [-0.4, -0.2) is 30.4 Å². The molecule has 1 heterocycles. The first-order valence-electron chi connectivity index (χ1n) is 8.39. The molecule has 1 amide bonds. The van der Waals surface area contributed by atoms with Crippen molar-refractivity contribution in [2.75, 3.05) is 25.0 Å². The maximum atomic E-state index is 12.4. The predicted octanol–water partition coefficient (Wildman–Crippen LogP) is 4.02. The summed E-state index contributed by atoms with van der Waals surface area (Å²) in [6.07, 6.45) is 2.46. The van der Waals surface area contributed by atoms with Gasteiger partial charge < -0.3 is 5.32 Å². The number of anilines is 1. The van der Waals surface area contributed by atoms with Gasteiger partial charge in [-0.1, -0.05) is 55.5 Å². The summed E-state index contributed by atoms with van der Waals surface area (Å²) in [5.74, 6) is 0.760. The van der Waals surface area contributed by atoms with Crippen LogP contribution in [0.1, 0.15) is 19.8 Å². The van der Waals surface area contributed by atoms with Crippen LogP contribution in [0.5, 0.6) is 0 Å². The molecule has 0 aromatic heterocycles. The largest absolute Gasteiger partial charge is 0.324 e. The van der Waals surface area contributed by atoms with Gasteiger partial charge in [-0.3, -0.25) is 9.69 Å². The maximum Gasteiger partial charge on any atom is 0.238 e. The molecule has 1 fully saturated rings. The number of nitrogens with one attached hydrogen (secondary N) is 1. The van der Waals surface area contributed by atoms with E-state index >= 15 is 0 Å². The van der Waals surface area contributed by atoms with Crippen LogP contribution in [0, 0.1) is 5.92 Å². The molecule has 3 heteroatoms. The van der Waals surface area contributed by atoms with Gasteiger partial charge in [0.05, 0.1) is 6.54 Å². The fraction of sp³-hybridized carbons (Fsp3) is 0.350. The van der Waals surface area contributed by atoms with Gasteiger partial charge in [-0.2, -0.15) is 0 Å². The lowest BCUT2D eigenvalue weighted by Crippen LogP contribution is -2.39. The summed E-state index contributed by atoms with van der Waals surface area (Å²) < 4.78 is 0. The van der Waals surface area contributed by atoms with E-state index in [0.717, 1.165) is 29.9 Å². The minimum atomic E-state index is 0.0717. The SMILES string of the molecule is C[C@H]1CCCN(CC(=O)Nc2ccccc2-c2ccccc2)C1. The van der Waals surface area contributed by atoms with E-state index < -0.39 is 0 Å². The van der Waals surface area contributed by atoms with Crippen molar-refractivity contribution >= 4 is 11.6 Å². The highest BCUT2D eigenvalue weighted by Gasteiger charge is 2.19. The molecule has 1 atom stereocenters. The molecular formula is C20H24N2O. The smallest absolute Gasteiger partial charge is 0.238 e. The molecule has 0 saturated carbocycles. The molecule has 0 unspecified atom stereocenters. The number of hydrogen-bond donors (Lipinski definition) is 1. The topological polar surface area (TPSA) is 32.3 Å². The van der Waals surface area contributed by atoms with Crippen LogP contribution >= 0.6 is 0 Å². The fourth-order valence-electron chi connectivity index (χ4n) is 3.28. The van der Waals surface area contributed by atoms with E-state index in [1.807, 2.05) is 42.5 Å². The van der Waals surface area contributed by atoms with Crippen molar-refractivity contribution in [2.45, 2.75) is 19.8 Å². The van der Waals surface area contributed by atoms with Crippen molar-refractivity contribution in [2.24, 2.45) is 5.92 Å². The van der Waals surface area contributed by atoms with Gasteiger partial charge in [-0.05, 0) is 36.9 Å². The van der Waals surface area contributed by atoms with Gasteiger partial charge in [0.2, 0.25) is 5.91 Å². The molecule has 2 aromatic carbocycles. The predicted molar refractivity (Wildman–Crippen MR) is 95.3 cm³/mol. The summed E-state index contributed by atoms with van der Waals surface area (Å²) in [5.41, 5.74) is 3.07. The van der Waals surface area contributed by atoms with Crippen LogP contribution in [0.4, 0.5) is 5.69 Å². The number of nitrogens with zero attached hydrogens (tertiary/aromatic N) is 1. The van der Waals surface area contributed by atoms with Crippen LogP contribution in [0.15, 0.2) is 54.6 Å². The van der Waals surface area contributed by atoms with E-state index in [1.54, 1.807) is 0 Å². The first kappa shape index (κ1) is 15.8. The Morgan fingerprint density at radius 3 is 2.65 bits per heavy atom. The number of hydrogen-bond acceptors (Lipinski definition) is 2. The van der Waals surface area contributed by atoms with Gasteiger partial charge in [0.15, 0.2) is 0 Å². The van der Waals surface area contributed by atoms with E-state index in [-0.39, 0.29) is 5.91 Å². The number of carbonyl (C=O) groups is 1. The Morgan fingerprint density at radius 2 is 1.87 bits per heavy atom. The standard InChI is InChI=1S/C20H24N2O/c1-16-8-7-13-22(14-16)15-20(23)21-19-12-6-5-11-18(19)17-9-3-2-4-10-17/h2-6,9-12,16H,7-8,13-15H2,1H3,(H,21,23)/t16-/m0/s1. The molecule has 1 N–H and O–H groups in total. The lowest BCUT2D eigenvalue weighted by atomic mass is 10.0. The van der Waals surface area contributed by atoms with Crippen molar-refractivity contribution in [1.82, 2.24) is 4.90 Å². The van der Waals surface area contributed by atoms with Crippen LogP contribution in [0.25, 0.3) is 11.1 Å². The number of amides is 1.